The van der Waals surface area contributed by atoms with E-state index in [4.69, 9.17) is 0 Å². The number of hydrogen-bond acceptors (Lipinski definition) is 3. The van der Waals surface area contributed by atoms with Crippen LogP contribution >= 0.6 is 0 Å². The Morgan fingerprint density at radius 3 is 3.06 bits per heavy atom. The molecular formula is C13H24N4. The van der Waals surface area contributed by atoms with Gasteiger partial charge in [-0.1, -0.05) is 6.42 Å². The van der Waals surface area contributed by atoms with Gasteiger partial charge < -0.3 is 5.32 Å². The minimum atomic E-state index is 0.747. The van der Waals surface area contributed by atoms with Crippen molar-refractivity contribution >= 4 is 0 Å². The number of aryl methyl sites for hydroxylation is 1. The smallest absolute Gasteiger partial charge is 0.0534 e. The molecule has 0 bridgehead atoms. The highest BCUT2D eigenvalue weighted by atomic mass is 15.2. The molecule has 0 aromatic carbocycles. The average molecular weight is 236 g/mol. The van der Waals surface area contributed by atoms with Gasteiger partial charge in [-0.25, -0.2) is 0 Å². The lowest BCUT2D eigenvalue weighted by Gasteiger charge is -2.35. The Balaban J connectivity index is 1.91. The zero-order valence-corrected chi connectivity index (χ0v) is 11.0. The van der Waals surface area contributed by atoms with E-state index in [-0.39, 0.29) is 0 Å². The Labute approximate surface area is 104 Å². The summed E-state index contributed by atoms with van der Waals surface area (Å²) in [6, 6.07) is 0.747. The first-order valence-corrected chi connectivity index (χ1v) is 6.66. The molecule has 1 aliphatic rings. The number of hydrogen-bond donors (Lipinski definition) is 1. The predicted molar refractivity (Wildman–Crippen MR) is 69.8 cm³/mol. The topological polar surface area (TPSA) is 33.1 Å². The molecule has 96 valence electrons. The van der Waals surface area contributed by atoms with Crippen molar-refractivity contribution < 1.29 is 0 Å². The van der Waals surface area contributed by atoms with Crippen LogP contribution in [0.25, 0.3) is 0 Å². The van der Waals surface area contributed by atoms with Gasteiger partial charge in [0.15, 0.2) is 0 Å². The fraction of sp³-hybridized carbons (Fsp3) is 0.769. The van der Waals surface area contributed by atoms with Crippen LogP contribution in [0.3, 0.4) is 0 Å². The average Bonchev–Trinajstić information content (AvgIpc) is 2.74. The van der Waals surface area contributed by atoms with E-state index in [1.54, 1.807) is 0 Å². The molecule has 1 aromatic heterocycles. The van der Waals surface area contributed by atoms with Crippen molar-refractivity contribution in [3.8, 4) is 0 Å². The summed E-state index contributed by atoms with van der Waals surface area (Å²) in [4.78, 5) is 2.62. The number of nitrogens with one attached hydrogen (secondary N) is 1. The Bertz CT molecular complexity index is 334. The van der Waals surface area contributed by atoms with Crippen LogP contribution in [-0.2, 0) is 13.6 Å². The molecule has 1 unspecified atom stereocenters. The molecule has 1 aromatic rings. The van der Waals surface area contributed by atoms with Crippen LogP contribution in [0.4, 0.5) is 0 Å². The van der Waals surface area contributed by atoms with Gasteiger partial charge >= 0.3 is 0 Å². The van der Waals surface area contributed by atoms with Crippen molar-refractivity contribution in [1.82, 2.24) is 20.0 Å². The van der Waals surface area contributed by atoms with E-state index in [2.05, 4.69) is 21.5 Å². The van der Waals surface area contributed by atoms with Crippen molar-refractivity contribution in [3.63, 3.8) is 0 Å². The zero-order valence-electron chi connectivity index (χ0n) is 11.0. The highest BCUT2D eigenvalue weighted by Crippen LogP contribution is 2.21. The SMILES string of the molecule is CNCCC1CCCCN1Cc1cnn(C)c1. The summed E-state index contributed by atoms with van der Waals surface area (Å²) in [5.74, 6) is 0. The standard InChI is InChI=1S/C13H24N4/c1-14-7-6-13-5-3-4-8-17(13)11-12-9-15-16(2)10-12/h9-10,13-14H,3-8,11H2,1-2H3. The molecule has 4 nitrogen and oxygen atoms in total. The second-order valence-corrected chi connectivity index (χ2v) is 5.03. The summed E-state index contributed by atoms with van der Waals surface area (Å²) in [5.41, 5.74) is 1.34. The molecule has 4 heteroatoms. The molecule has 1 atom stereocenters. The van der Waals surface area contributed by atoms with E-state index in [0.717, 1.165) is 19.1 Å². The molecule has 2 rings (SSSR count). The second kappa shape index (κ2) is 6.17. The van der Waals surface area contributed by atoms with E-state index in [1.165, 1.54) is 37.8 Å². The number of likely N-dealkylation sites (tertiary alicyclic amines) is 1. The zero-order chi connectivity index (χ0) is 12.1. The van der Waals surface area contributed by atoms with Crippen LogP contribution in [0.2, 0.25) is 0 Å². The van der Waals surface area contributed by atoms with E-state index in [0.29, 0.717) is 0 Å². The lowest BCUT2D eigenvalue weighted by molar-refractivity contribution is 0.132. The third-order valence-electron chi connectivity index (χ3n) is 3.62. The Morgan fingerprint density at radius 1 is 1.47 bits per heavy atom. The van der Waals surface area contributed by atoms with Crippen LogP contribution < -0.4 is 5.32 Å². The van der Waals surface area contributed by atoms with Crippen LogP contribution in [0, 0.1) is 0 Å². The number of nitrogens with zero attached hydrogens (tertiary/aromatic N) is 3. The summed E-state index contributed by atoms with van der Waals surface area (Å²) < 4.78 is 1.89. The Morgan fingerprint density at radius 2 is 2.35 bits per heavy atom. The van der Waals surface area contributed by atoms with E-state index < -0.39 is 0 Å². The maximum atomic E-state index is 4.25. The molecule has 1 N–H and O–H groups in total. The maximum Gasteiger partial charge on any atom is 0.0534 e. The summed E-state index contributed by atoms with van der Waals surface area (Å²) in [6.45, 7) is 3.42. The van der Waals surface area contributed by atoms with Gasteiger partial charge in [0.2, 0.25) is 0 Å². The first-order valence-electron chi connectivity index (χ1n) is 6.66. The van der Waals surface area contributed by atoms with Gasteiger partial charge in [0.1, 0.15) is 0 Å². The molecule has 0 radical (unpaired) electrons. The van der Waals surface area contributed by atoms with E-state index in [1.807, 2.05) is 25.0 Å². The quantitative estimate of drug-likeness (QED) is 0.838. The minimum absolute atomic E-state index is 0.747. The second-order valence-electron chi connectivity index (χ2n) is 5.03. The lowest BCUT2D eigenvalue weighted by atomic mass is 9.99. The normalized spacial score (nSPS) is 21.9. The monoisotopic (exact) mass is 236 g/mol. The molecule has 0 spiro atoms. The molecular weight excluding hydrogens is 212 g/mol. The molecule has 2 heterocycles. The van der Waals surface area contributed by atoms with Crippen LogP contribution in [0.5, 0.6) is 0 Å². The molecule has 0 aliphatic carbocycles. The Kier molecular flexibility index (Phi) is 4.57. The lowest BCUT2D eigenvalue weighted by Crippen LogP contribution is -2.40. The molecule has 0 saturated carbocycles. The predicted octanol–water partition coefficient (Wildman–Crippen LogP) is 1.38. The van der Waals surface area contributed by atoms with Crippen molar-refractivity contribution in [2.24, 2.45) is 7.05 Å². The number of rotatable bonds is 5. The summed E-state index contributed by atoms with van der Waals surface area (Å²) in [6.07, 6.45) is 9.46. The van der Waals surface area contributed by atoms with Gasteiger partial charge in [0.25, 0.3) is 0 Å². The molecule has 1 saturated heterocycles. The van der Waals surface area contributed by atoms with Crippen LogP contribution in [0.1, 0.15) is 31.2 Å². The van der Waals surface area contributed by atoms with Gasteiger partial charge in [-0.15, -0.1) is 0 Å². The van der Waals surface area contributed by atoms with Crippen LogP contribution in [0.15, 0.2) is 12.4 Å². The van der Waals surface area contributed by atoms with Gasteiger partial charge in [0, 0.05) is 31.4 Å². The highest BCUT2D eigenvalue weighted by molar-refractivity contribution is 5.04. The van der Waals surface area contributed by atoms with E-state index in [9.17, 15) is 0 Å². The largest absolute Gasteiger partial charge is 0.320 e. The van der Waals surface area contributed by atoms with Crippen molar-refractivity contribution in [1.29, 1.82) is 0 Å². The Hall–Kier alpha value is -0.870. The molecule has 1 fully saturated rings. The molecule has 17 heavy (non-hydrogen) atoms. The minimum Gasteiger partial charge on any atom is -0.320 e. The first kappa shape index (κ1) is 12.6. The number of aromatic nitrogens is 2. The van der Waals surface area contributed by atoms with Crippen LogP contribution in [-0.4, -0.2) is 40.9 Å². The van der Waals surface area contributed by atoms with Gasteiger partial charge in [0.05, 0.1) is 6.20 Å². The number of piperidine rings is 1. The van der Waals surface area contributed by atoms with Gasteiger partial charge in [-0.3, -0.25) is 9.58 Å². The highest BCUT2D eigenvalue weighted by Gasteiger charge is 2.22. The van der Waals surface area contributed by atoms with Crippen molar-refractivity contribution in [2.75, 3.05) is 20.1 Å². The summed E-state index contributed by atoms with van der Waals surface area (Å²) >= 11 is 0. The molecule has 1 aliphatic heterocycles. The maximum absolute atomic E-state index is 4.25. The summed E-state index contributed by atoms with van der Waals surface area (Å²) in [7, 11) is 4.02. The summed E-state index contributed by atoms with van der Waals surface area (Å²) in [5, 5.41) is 7.51. The molecule has 0 amide bonds. The third kappa shape index (κ3) is 3.54. The fourth-order valence-corrected chi connectivity index (χ4v) is 2.69. The third-order valence-corrected chi connectivity index (χ3v) is 3.62. The fourth-order valence-electron chi connectivity index (χ4n) is 2.69. The van der Waals surface area contributed by atoms with Gasteiger partial charge in [-0.2, -0.15) is 5.10 Å². The van der Waals surface area contributed by atoms with Gasteiger partial charge in [-0.05, 0) is 39.4 Å². The van der Waals surface area contributed by atoms with Crippen molar-refractivity contribution in [3.05, 3.63) is 18.0 Å². The van der Waals surface area contributed by atoms with Crippen molar-refractivity contribution in [2.45, 2.75) is 38.3 Å². The first-order chi connectivity index (χ1) is 8.29. The van der Waals surface area contributed by atoms with E-state index >= 15 is 0 Å².